The summed E-state index contributed by atoms with van der Waals surface area (Å²) < 4.78 is 14.1. The fraction of sp³-hybridized carbons (Fsp3) is 0.357. The summed E-state index contributed by atoms with van der Waals surface area (Å²) in [5.41, 5.74) is 1.53. The maximum absolute atomic E-state index is 14.1. The number of thiazole rings is 1. The highest BCUT2D eigenvalue weighted by Crippen LogP contribution is 2.28. The highest BCUT2D eigenvalue weighted by atomic mass is 35.5. The van der Waals surface area contributed by atoms with E-state index < -0.39 is 0 Å². The molecule has 0 aliphatic rings. The molecule has 0 fully saturated rings. The van der Waals surface area contributed by atoms with Crippen molar-refractivity contribution in [3.8, 4) is 0 Å². The summed E-state index contributed by atoms with van der Waals surface area (Å²) in [6, 6.07) is 4.75. The Morgan fingerprint density at radius 3 is 2.63 bits per heavy atom. The summed E-state index contributed by atoms with van der Waals surface area (Å²) in [5.74, 6) is -0.307. The van der Waals surface area contributed by atoms with E-state index in [9.17, 15) is 4.39 Å². The van der Waals surface area contributed by atoms with Crippen LogP contribution in [0.5, 0.6) is 0 Å². The van der Waals surface area contributed by atoms with Crippen molar-refractivity contribution in [2.24, 2.45) is 0 Å². The third-order valence-electron chi connectivity index (χ3n) is 2.66. The highest BCUT2D eigenvalue weighted by molar-refractivity contribution is 7.09. The molecule has 0 amide bonds. The van der Waals surface area contributed by atoms with Gasteiger partial charge in [-0.2, -0.15) is 0 Å². The normalized spacial score (nSPS) is 12.9. The van der Waals surface area contributed by atoms with Gasteiger partial charge in [0.1, 0.15) is 10.8 Å². The first-order chi connectivity index (χ1) is 8.97. The van der Waals surface area contributed by atoms with E-state index >= 15 is 0 Å². The van der Waals surface area contributed by atoms with Crippen LogP contribution in [0.25, 0.3) is 0 Å². The molecule has 0 aliphatic heterocycles. The van der Waals surface area contributed by atoms with Crippen LogP contribution < -0.4 is 5.32 Å². The van der Waals surface area contributed by atoms with Gasteiger partial charge in [0, 0.05) is 27.7 Å². The number of rotatable bonds is 4. The molecule has 1 unspecified atom stereocenters. The maximum atomic E-state index is 14.1. The minimum Gasteiger partial charge on any atom is -0.302 e. The van der Waals surface area contributed by atoms with Gasteiger partial charge >= 0.3 is 0 Å². The van der Waals surface area contributed by atoms with E-state index in [-0.39, 0.29) is 17.9 Å². The summed E-state index contributed by atoms with van der Waals surface area (Å²) in [6.45, 7) is 5.99. The monoisotopic (exact) mass is 298 g/mol. The van der Waals surface area contributed by atoms with E-state index in [1.807, 2.05) is 26.2 Å². The van der Waals surface area contributed by atoms with Crippen molar-refractivity contribution < 1.29 is 4.39 Å². The van der Waals surface area contributed by atoms with E-state index in [1.165, 1.54) is 17.4 Å². The molecule has 102 valence electrons. The van der Waals surface area contributed by atoms with Crippen molar-refractivity contribution in [2.75, 3.05) is 0 Å². The Labute approximate surface area is 121 Å². The van der Waals surface area contributed by atoms with E-state index in [0.717, 1.165) is 10.7 Å². The van der Waals surface area contributed by atoms with Gasteiger partial charge in [-0.05, 0) is 32.9 Å². The van der Waals surface area contributed by atoms with Gasteiger partial charge in [-0.15, -0.1) is 11.3 Å². The second kappa shape index (κ2) is 5.99. The summed E-state index contributed by atoms with van der Waals surface area (Å²) in [7, 11) is 0. The number of benzene rings is 1. The average molecular weight is 299 g/mol. The molecule has 1 atom stereocenters. The van der Waals surface area contributed by atoms with Gasteiger partial charge in [0.25, 0.3) is 0 Å². The molecule has 1 aromatic carbocycles. The van der Waals surface area contributed by atoms with E-state index in [1.54, 1.807) is 12.1 Å². The standard InChI is InChI=1S/C14H16ClFN2S/c1-8(2)17-13(14-18-9(3)7-19-14)11-5-4-10(15)6-12(11)16/h4-8,13,17H,1-3H3. The Hall–Kier alpha value is -0.970. The first-order valence-corrected chi connectivity index (χ1v) is 7.36. The Morgan fingerprint density at radius 2 is 2.11 bits per heavy atom. The number of hydrogen-bond donors (Lipinski definition) is 1. The summed E-state index contributed by atoms with van der Waals surface area (Å²) in [4.78, 5) is 4.46. The SMILES string of the molecule is Cc1csc(C(NC(C)C)c2ccc(Cl)cc2F)n1. The van der Waals surface area contributed by atoms with Crippen LogP contribution in [0.4, 0.5) is 4.39 Å². The second-order valence-corrected chi connectivity index (χ2v) is 6.07. The lowest BCUT2D eigenvalue weighted by atomic mass is 10.1. The topological polar surface area (TPSA) is 24.9 Å². The summed E-state index contributed by atoms with van der Waals surface area (Å²) >= 11 is 7.34. The van der Waals surface area contributed by atoms with Crippen LogP contribution in [-0.2, 0) is 0 Å². The molecular weight excluding hydrogens is 283 g/mol. The predicted octanol–water partition coefficient (Wildman–Crippen LogP) is 4.33. The molecule has 0 radical (unpaired) electrons. The molecule has 5 heteroatoms. The molecule has 0 saturated heterocycles. The summed E-state index contributed by atoms with van der Waals surface area (Å²) in [5, 5.41) is 6.59. The zero-order chi connectivity index (χ0) is 14.0. The number of aryl methyl sites for hydroxylation is 1. The lowest BCUT2D eigenvalue weighted by Crippen LogP contribution is -2.29. The van der Waals surface area contributed by atoms with Crippen LogP contribution in [0.1, 0.15) is 36.2 Å². The molecule has 1 heterocycles. The Kier molecular flexibility index (Phi) is 4.55. The lowest BCUT2D eigenvalue weighted by Gasteiger charge is -2.20. The fourth-order valence-corrected chi connectivity index (χ4v) is 2.90. The molecule has 1 N–H and O–H groups in total. The van der Waals surface area contributed by atoms with Crippen LogP contribution in [-0.4, -0.2) is 11.0 Å². The molecule has 0 aliphatic carbocycles. The Bertz CT molecular complexity index is 568. The van der Waals surface area contributed by atoms with Crippen molar-refractivity contribution >= 4 is 22.9 Å². The zero-order valence-corrected chi connectivity index (χ0v) is 12.6. The first-order valence-electron chi connectivity index (χ1n) is 6.10. The van der Waals surface area contributed by atoms with Gasteiger partial charge < -0.3 is 5.32 Å². The molecule has 2 aromatic rings. The molecule has 19 heavy (non-hydrogen) atoms. The van der Waals surface area contributed by atoms with Crippen LogP contribution in [0, 0.1) is 12.7 Å². The summed E-state index contributed by atoms with van der Waals surface area (Å²) in [6.07, 6.45) is 0. The largest absolute Gasteiger partial charge is 0.302 e. The van der Waals surface area contributed by atoms with E-state index in [0.29, 0.717) is 10.6 Å². The molecular formula is C14H16ClFN2S. The van der Waals surface area contributed by atoms with Crippen molar-refractivity contribution in [2.45, 2.75) is 32.9 Å². The second-order valence-electron chi connectivity index (χ2n) is 4.75. The van der Waals surface area contributed by atoms with Crippen molar-refractivity contribution in [3.05, 3.63) is 50.7 Å². The minimum absolute atomic E-state index is 0.226. The van der Waals surface area contributed by atoms with Crippen molar-refractivity contribution in [1.29, 1.82) is 0 Å². The van der Waals surface area contributed by atoms with Crippen LogP contribution >= 0.6 is 22.9 Å². The lowest BCUT2D eigenvalue weighted by molar-refractivity contribution is 0.501. The van der Waals surface area contributed by atoms with E-state index in [2.05, 4.69) is 10.3 Å². The number of aromatic nitrogens is 1. The number of nitrogens with zero attached hydrogens (tertiary/aromatic N) is 1. The quantitative estimate of drug-likeness (QED) is 0.908. The van der Waals surface area contributed by atoms with Gasteiger partial charge in [-0.25, -0.2) is 9.37 Å². The van der Waals surface area contributed by atoms with Gasteiger partial charge in [-0.3, -0.25) is 0 Å². The van der Waals surface area contributed by atoms with Crippen LogP contribution in [0.2, 0.25) is 5.02 Å². The van der Waals surface area contributed by atoms with Crippen LogP contribution in [0.15, 0.2) is 23.6 Å². The average Bonchev–Trinajstić information content (AvgIpc) is 2.73. The molecule has 0 bridgehead atoms. The Morgan fingerprint density at radius 1 is 1.37 bits per heavy atom. The third kappa shape index (κ3) is 3.53. The predicted molar refractivity (Wildman–Crippen MR) is 78.4 cm³/mol. The van der Waals surface area contributed by atoms with Crippen LogP contribution in [0.3, 0.4) is 0 Å². The van der Waals surface area contributed by atoms with Crippen molar-refractivity contribution in [1.82, 2.24) is 10.3 Å². The third-order valence-corrected chi connectivity index (χ3v) is 3.92. The number of halogens is 2. The molecule has 0 saturated carbocycles. The van der Waals surface area contributed by atoms with Crippen molar-refractivity contribution in [3.63, 3.8) is 0 Å². The maximum Gasteiger partial charge on any atom is 0.129 e. The van der Waals surface area contributed by atoms with E-state index in [4.69, 9.17) is 11.6 Å². The fourth-order valence-electron chi connectivity index (χ4n) is 1.87. The van der Waals surface area contributed by atoms with Gasteiger partial charge in [-0.1, -0.05) is 17.7 Å². The number of hydrogen-bond acceptors (Lipinski definition) is 3. The van der Waals surface area contributed by atoms with Gasteiger partial charge in [0.05, 0.1) is 6.04 Å². The van der Waals surface area contributed by atoms with Gasteiger partial charge in [0.2, 0.25) is 0 Å². The molecule has 1 aromatic heterocycles. The molecule has 0 spiro atoms. The minimum atomic E-state index is -0.307. The molecule has 2 rings (SSSR count). The van der Waals surface area contributed by atoms with Gasteiger partial charge in [0.15, 0.2) is 0 Å². The molecule has 2 nitrogen and oxygen atoms in total. The number of nitrogens with one attached hydrogen (secondary N) is 1. The first kappa shape index (κ1) is 14.4. The zero-order valence-electron chi connectivity index (χ0n) is 11.1. The Balaban J connectivity index is 2.42. The highest BCUT2D eigenvalue weighted by Gasteiger charge is 2.21. The smallest absolute Gasteiger partial charge is 0.129 e.